The molecule has 0 aliphatic rings. The van der Waals surface area contributed by atoms with Crippen molar-refractivity contribution < 1.29 is 9.47 Å². The molecule has 0 bridgehead atoms. The second-order valence-electron chi connectivity index (χ2n) is 4.28. The molecule has 1 aromatic heterocycles. The molecule has 0 unspecified atom stereocenters. The molecule has 1 heterocycles. The Balaban J connectivity index is 1.91. The van der Waals surface area contributed by atoms with Crippen LogP contribution < -0.4 is 9.47 Å². The average molecular weight is 254 g/mol. The number of aromatic amines is 1. The molecule has 0 amide bonds. The van der Waals surface area contributed by atoms with Gasteiger partial charge in [-0.25, -0.2) is 4.98 Å². The minimum atomic E-state index is 0.742. The summed E-state index contributed by atoms with van der Waals surface area (Å²) >= 11 is 0. The number of hydrogen-bond acceptors (Lipinski definition) is 3. The quantitative estimate of drug-likeness (QED) is 0.775. The number of nitrogens with zero attached hydrogens (tertiary/aromatic N) is 1. The van der Waals surface area contributed by atoms with Gasteiger partial charge in [-0.3, -0.25) is 0 Å². The van der Waals surface area contributed by atoms with E-state index in [2.05, 4.69) is 9.97 Å². The lowest BCUT2D eigenvalue weighted by Crippen LogP contribution is -1.86. The molecule has 2 aromatic carbocycles. The van der Waals surface area contributed by atoms with Gasteiger partial charge in [-0.2, -0.15) is 0 Å². The van der Waals surface area contributed by atoms with Crippen LogP contribution in [0.5, 0.6) is 17.2 Å². The number of nitrogens with one attached hydrogen (secondary N) is 1. The standard InChI is InChI=1S/C15H14N2O2/c1-10-16-14-7-6-13(9-15(14)17-10)19-12-5-3-4-11(8-12)18-2/h3-9H,1-2H3,(H,16,17). The number of fused-ring (bicyclic) bond motifs is 1. The summed E-state index contributed by atoms with van der Waals surface area (Å²) in [5.41, 5.74) is 1.91. The van der Waals surface area contributed by atoms with Crippen molar-refractivity contribution >= 4 is 11.0 Å². The monoisotopic (exact) mass is 254 g/mol. The van der Waals surface area contributed by atoms with Crippen molar-refractivity contribution in [1.82, 2.24) is 9.97 Å². The van der Waals surface area contributed by atoms with E-state index in [1.807, 2.05) is 49.4 Å². The summed E-state index contributed by atoms with van der Waals surface area (Å²) in [6.45, 7) is 1.93. The minimum Gasteiger partial charge on any atom is -0.497 e. The normalized spacial score (nSPS) is 10.6. The number of H-pyrrole nitrogens is 1. The van der Waals surface area contributed by atoms with Gasteiger partial charge in [0.05, 0.1) is 18.1 Å². The van der Waals surface area contributed by atoms with Gasteiger partial charge in [0.2, 0.25) is 0 Å². The second-order valence-corrected chi connectivity index (χ2v) is 4.28. The summed E-state index contributed by atoms with van der Waals surface area (Å²) in [4.78, 5) is 7.57. The highest BCUT2D eigenvalue weighted by molar-refractivity contribution is 5.76. The molecule has 0 atom stereocenters. The Labute approximate surface area is 111 Å². The van der Waals surface area contributed by atoms with Gasteiger partial charge in [0.15, 0.2) is 0 Å². The maximum atomic E-state index is 5.80. The SMILES string of the molecule is COc1cccc(Oc2ccc3[nH]c(C)nc3c2)c1. The van der Waals surface area contributed by atoms with Crippen LogP contribution in [0.3, 0.4) is 0 Å². The summed E-state index contributed by atoms with van der Waals surface area (Å²) < 4.78 is 11.0. The van der Waals surface area contributed by atoms with Crippen LogP contribution in [0.1, 0.15) is 5.82 Å². The first-order valence-electron chi connectivity index (χ1n) is 6.03. The number of methoxy groups -OCH3 is 1. The predicted octanol–water partition coefficient (Wildman–Crippen LogP) is 3.67. The smallest absolute Gasteiger partial charge is 0.131 e. The van der Waals surface area contributed by atoms with E-state index in [1.54, 1.807) is 7.11 Å². The molecular weight excluding hydrogens is 240 g/mol. The third-order valence-corrected chi connectivity index (χ3v) is 2.85. The van der Waals surface area contributed by atoms with Crippen molar-refractivity contribution in [2.75, 3.05) is 7.11 Å². The van der Waals surface area contributed by atoms with Crippen LogP contribution >= 0.6 is 0 Å². The molecule has 3 aromatic rings. The number of benzene rings is 2. The molecule has 0 aliphatic carbocycles. The Morgan fingerprint density at radius 3 is 2.63 bits per heavy atom. The fourth-order valence-corrected chi connectivity index (χ4v) is 1.98. The van der Waals surface area contributed by atoms with Gasteiger partial charge in [-0.05, 0) is 31.2 Å². The Morgan fingerprint density at radius 1 is 1.00 bits per heavy atom. The summed E-state index contributed by atoms with van der Waals surface area (Å²) in [5, 5.41) is 0. The van der Waals surface area contributed by atoms with Gasteiger partial charge in [0.1, 0.15) is 23.1 Å². The summed E-state index contributed by atoms with van der Waals surface area (Å²) in [5.74, 6) is 3.17. The highest BCUT2D eigenvalue weighted by Crippen LogP contribution is 2.27. The number of rotatable bonds is 3. The van der Waals surface area contributed by atoms with Crippen molar-refractivity contribution in [2.24, 2.45) is 0 Å². The Kier molecular flexibility index (Phi) is 2.83. The van der Waals surface area contributed by atoms with E-state index in [4.69, 9.17) is 9.47 Å². The van der Waals surface area contributed by atoms with Crippen molar-refractivity contribution in [3.63, 3.8) is 0 Å². The Hall–Kier alpha value is -2.49. The van der Waals surface area contributed by atoms with Crippen molar-refractivity contribution in [2.45, 2.75) is 6.92 Å². The van der Waals surface area contributed by atoms with Crippen LogP contribution in [-0.2, 0) is 0 Å². The topological polar surface area (TPSA) is 47.1 Å². The Bertz CT molecular complexity index is 719. The third-order valence-electron chi connectivity index (χ3n) is 2.85. The van der Waals surface area contributed by atoms with Crippen molar-refractivity contribution in [3.8, 4) is 17.2 Å². The number of hydrogen-bond donors (Lipinski definition) is 1. The van der Waals surface area contributed by atoms with E-state index in [9.17, 15) is 0 Å². The first kappa shape index (κ1) is 11.6. The van der Waals surface area contributed by atoms with Gasteiger partial charge in [-0.15, -0.1) is 0 Å². The lowest BCUT2D eigenvalue weighted by atomic mass is 10.3. The molecule has 0 fully saturated rings. The fourth-order valence-electron chi connectivity index (χ4n) is 1.98. The number of imidazole rings is 1. The molecule has 0 aliphatic heterocycles. The van der Waals surface area contributed by atoms with E-state index in [0.717, 1.165) is 34.1 Å². The van der Waals surface area contributed by atoms with Crippen LogP contribution in [0.2, 0.25) is 0 Å². The first-order valence-corrected chi connectivity index (χ1v) is 6.03. The molecule has 1 N–H and O–H groups in total. The summed E-state index contributed by atoms with van der Waals surface area (Å²) in [7, 11) is 1.64. The van der Waals surface area contributed by atoms with Crippen LogP contribution in [0.4, 0.5) is 0 Å². The molecular formula is C15H14N2O2. The van der Waals surface area contributed by atoms with Crippen molar-refractivity contribution in [1.29, 1.82) is 0 Å². The van der Waals surface area contributed by atoms with E-state index in [0.29, 0.717) is 0 Å². The number of aryl methyl sites for hydroxylation is 1. The Morgan fingerprint density at radius 2 is 1.79 bits per heavy atom. The molecule has 4 heteroatoms. The lowest BCUT2D eigenvalue weighted by molar-refractivity contribution is 0.409. The van der Waals surface area contributed by atoms with Gasteiger partial charge < -0.3 is 14.5 Å². The largest absolute Gasteiger partial charge is 0.497 e. The molecule has 0 spiro atoms. The van der Waals surface area contributed by atoms with E-state index in [-0.39, 0.29) is 0 Å². The third kappa shape index (κ3) is 2.38. The molecule has 0 saturated heterocycles. The van der Waals surface area contributed by atoms with Crippen LogP contribution in [0.25, 0.3) is 11.0 Å². The van der Waals surface area contributed by atoms with Crippen LogP contribution in [-0.4, -0.2) is 17.1 Å². The highest BCUT2D eigenvalue weighted by atomic mass is 16.5. The zero-order chi connectivity index (χ0) is 13.2. The second kappa shape index (κ2) is 4.65. The van der Waals surface area contributed by atoms with Gasteiger partial charge in [0.25, 0.3) is 0 Å². The number of aromatic nitrogens is 2. The molecule has 3 rings (SSSR count). The molecule has 96 valence electrons. The fraction of sp³-hybridized carbons (Fsp3) is 0.133. The molecule has 0 radical (unpaired) electrons. The van der Waals surface area contributed by atoms with E-state index >= 15 is 0 Å². The zero-order valence-corrected chi connectivity index (χ0v) is 10.8. The van der Waals surface area contributed by atoms with Gasteiger partial charge >= 0.3 is 0 Å². The maximum Gasteiger partial charge on any atom is 0.131 e. The van der Waals surface area contributed by atoms with E-state index in [1.165, 1.54) is 0 Å². The van der Waals surface area contributed by atoms with Crippen molar-refractivity contribution in [3.05, 3.63) is 48.3 Å². The van der Waals surface area contributed by atoms with Crippen LogP contribution in [0.15, 0.2) is 42.5 Å². The molecule has 0 saturated carbocycles. The van der Waals surface area contributed by atoms with Gasteiger partial charge in [0, 0.05) is 12.1 Å². The average Bonchev–Trinajstić information content (AvgIpc) is 2.78. The lowest BCUT2D eigenvalue weighted by Gasteiger charge is -2.07. The van der Waals surface area contributed by atoms with Gasteiger partial charge in [-0.1, -0.05) is 6.07 Å². The zero-order valence-electron chi connectivity index (χ0n) is 10.8. The number of ether oxygens (including phenoxy) is 2. The molecule has 19 heavy (non-hydrogen) atoms. The minimum absolute atomic E-state index is 0.742. The summed E-state index contributed by atoms with van der Waals surface area (Å²) in [6, 6.07) is 13.3. The predicted molar refractivity (Wildman–Crippen MR) is 73.9 cm³/mol. The van der Waals surface area contributed by atoms with E-state index < -0.39 is 0 Å². The maximum absolute atomic E-state index is 5.80. The van der Waals surface area contributed by atoms with Crippen LogP contribution in [0, 0.1) is 6.92 Å². The molecule has 4 nitrogen and oxygen atoms in total. The highest BCUT2D eigenvalue weighted by Gasteiger charge is 2.03. The summed E-state index contributed by atoms with van der Waals surface area (Å²) in [6.07, 6.45) is 0. The first-order chi connectivity index (χ1) is 9.24.